The number of para-hydroxylation sites is 1. The number of ether oxygens (including phenoxy) is 1. The van der Waals surface area contributed by atoms with E-state index < -0.39 is 6.04 Å². The number of methoxy groups -OCH3 is 1. The molecule has 0 bridgehead atoms. The van der Waals surface area contributed by atoms with Gasteiger partial charge in [-0.05, 0) is 49.1 Å². The van der Waals surface area contributed by atoms with Crippen molar-refractivity contribution >= 4 is 0 Å². The molecule has 0 amide bonds. The van der Waals surface area contributed by atoms with Gasteiger partial charge in [-0.3, -0.25) is 4.79 Å². The molecular formula is C30H27FN4O3. The van der Waals surface area contributed by atoms with E-state index >= 15 is 0 Å². The lowest BCUT2D eigenvalue weighted by Crippen LogP contribution is -2.33. The van der Waals surface area contributed by atoms with E-state index in [1.165, 1.54) is 23.0 Å². The molecule has 1 atom stereocenters. The minimum atomic E-state index is -0.533. The molecule has 1 unspecified atom stereocenters. The summed E-state index contributed by atoms with van der Waals surface area (Å²) in [6.07, 6.45) is 2.85. The Balaban J connectivity index is 1.67. The third kappa shape index (κ3) is 5.25. The maximum Gasteiger partial charge on any atom is 0.271 e. The fourth-order valence-electron chi connectivity index (χ4n) is 4.81. The number of hydrogen-bond donors (Lipinski definition) is 0. The first-order valence-corrected chi connectivity index (χ1v) is 12.4. The summed E-state index contributed by atoms with van der Waals surface area (Å²) >= 11 is 0. The summed E-state index contributed by atoms with van der Waals surface area (Å²) in [5, 5.41) is 12.6. The van der Waals surface area contributed by atoms with Crippen molar-refractivity contribution in [1.29, 1.82) is 0 Å². The van der Waals surface area contributed by atoms with Crippen LogP contribution in [0.4, 0.5) is 4.39 Å². The molecular weight excluding hydrogens is 483 g/mol. The normalized spacial score (nSPS) is 11.9. The molecule has 7 nitrogen and oxygen atoms in total. The highest BCUT2D eigenvalue weighted by molar-refractivity contribution is 5.75. The molecule has 0 aliphatic carbocycles. The summed E-state index contributed by atoms with van der Waals surface area (Å²) in [7, 11) is 1.60. The minimum Gasteiger partial charge on any atom is -0.496 e. The predicted molar refractivity (Wildman–Crippen MR) is 142 cm³/mol. The molecule has 0 spiro atoms. The maximum absolute atomic E-state index is 14.2. The molecule has 2 heterocycles. The zero-order chi connectivity index (χ0) is 26.5. The topological polar surface area (TPSA) is 83.0 Å². The number of hydrogen-bond acceptors (Lipinski definition) is 6. The van der Waals surface area contributed by atoms with Gasteiger partial charge in [0.1, 0.15) is 23.3 Å². The van der Waals surface area contributed by atoms with Crippen molar-refractivity contribution < 1.29 is 13.8 Å². The number of aryl methyl sites for hydroxylation is 2. The lowest BCUT2D eigenvalue weighted by molar-refractivity contribution is 0.297. The first kappa shape index (κ1) is 25.1. The standard InChI is InChI=1S/C30H27FN4O3/c1-20-29(24-13-6-7-14-28(24)37-2)25(16-15-22-11-8-12-23(31)17-22)30(36)35(33-20)27(26-19-32-38-34-26)18-21-9-4-3-5-10-21/h3-14,17,19,27H,15-16,18H2,1-2H3. The number of halogens is 1. The van der Waals surface area contributed by atoms with E-state index in [-0.39, 0.29) is 11.4 Å². The van der Waals surface area contributed by atoms with E-state index in [2.05, 4.69) is 10.3 Å². The van der Waals surface area contributed by atoms with Gasteiger partial charge in [-0.2, -0.15) is 5.10 Å². The average Bonchev–Trinajstić information content (AvgIpc) is 3.47. The van der Waals surface area contributed by atoms with Gasteiger partial charge in [-0.1, -0.05) is 71.0 Å². The SMILES string of the molecule is COc1ccccc1-c1c(C)nn(C(Cc2ccccc2)c2cnon2)c(=O)c1CCc1cccc(F)c1. The Hall–Kier alpha value is -4.59. The lowest BCUT2D eigenvalue weighted by Gasteiger charge is -2.21. The molecule has 3 aromatic carbocycles. The first-order chi connectivity index (χ1) is 18.5. The van der Waals surface area contributed by atoms with Crippen LogP contribution in [-0.4, -0.2) is 27.2 Å². The molecule has 0 saturated heterocycles. The first-order valence-electron chi connectivity index (χ1n) is 12.4. The molecule has 0 N–H and O–H groups in total. The van der Waals surface area contributed by atoms with E-state index in [1.54, 1.807) is 13.2 Å². The highest BCUT2D eigenvalue weighted by Crippen LogP contribution is 2.34. The van der Waals surface area contributed by atoms with Gasteiger partial charge in [0, 0.05) is 23.1 Å². The van der Waals surface area contributed by atoms with Gasteiger partial charge < -0.3 is 4.74 Å². The smallest absolute Gasteiger partial charge is 0.271 e. The zero-order valence-electron chi connectivity index (χ0n) is 21.2. The third-order valence-corrected chi connectivity index (χ3v) is 6.60. The van der Waals surface area contributed by atoms with Crippen LogP contribution < -0.4 is 10.3 Å². The quantitative estimate of drug-likeness (QED) is 0.265. The van der Waals surface area contributed by atoms with Gasteiger partial charge in [0.25, 0.3) is 5.56 Å². The number of benzene rings is 3. The number of rotatable bonds is 9. The highest BCUT2D eigenvalue weighted by Gasteiger charge is 2.26. The Kier molecular flexibility index (Phi) is 7.40. The molecule has 0 saturated carbocycles. The van der Waals surface area contributed by atoms with Gasteiger partial charge >= 0.3 is 0 Å². The average molecular weight is 511 g/mol. The zero-order valence-corrected chi connectivity index (χ0v) is 21.2. The molecule has 0 radical (unpaired) electrons. The van der Waals surface area contributed by atoms with E-state index in [9.17, 15) is 9.18 Å². The third-order valence-electron chi connectivity index (χ3n) is 6.60. The Morgan fingerprint density at radius 2 is 1.74 bits per heavy atom. The summed E-state index contributed by atoms with van der Waals surface area (Å²) in [6.45, 7) is 1.88. The Morgan fingerprint density at radius 3 is 2.47 bits per heavy atom. The summed E-state index contributed by atoms with van der Waals surface area (Å²) in [6, 6.07) is 23.3. The minimum absolute atomic E-state index is 0.253. The highest BCUT2D eigenvalue weighted by atomic mass is 19.1. The summed E-state index contributed by atoms with van der Waals surface area (Å²) in [5.41, 5.74) is 4.80. The summed E-state index contributed by atoms with van der Waals surface area (Å²) in [5.74, 6) is 0.334. The Morgan fingerprint density at radius 1 is 0.974 bits per heavy atom. The number of nitrogens with zero attached hydrogens (tertiary/aromatic N) is 4. The molecule has 38 heavy (non-hydrogen) atoms. The summed E-state index contributed by atoms with van der Waals surface area (Å²) in [4.78, 5) is 14.2. The molecule has 2 aromatic heterocycles. The Labute approximate surface area is 219 Å². The van der Waals surface area contributed by atoms with E-state index in [0.717, 1.165) is 22.3 Å². The van der Waals surface area contributed by atoms with Gasteiger partial charge in [0.05, 0.1) is 19.0 Å². The van der Waals surface area contributed by atoms with Crippen molar-refractivity contribution in [2.24, 2.45) is 0 Å². The van der Waals surface area contributed by atoms with Gasteiger partial charge in [0.15, 0.2) is 0 Å². The summed E-state index contributed by atoms with van der Waals surface area (Å²) < 4.78 is 25.9. The van der Waals surface area contributed by atoms with Crippen molar-refractivity contribution in [3.8, 4) is 16.9 Å². The monoisotopic (exact) mass is 510 g/mol. The second-order valence-corrected chi connectivity index (χ2v) is 9.06. The fourth-order valence-corrected chi connectivity index (χ4v) is 4.81. The lowest BCUT2D eigenvalue weighted by atomic mass is 9.94. The van der Waals surface area contributed by atoms with Crippen LogP contribution in [0.5, 0.6) is 5.75 Å². The van der Waals surface area contributed by atoms with Gasteiger partial charge in [-0.15, -0.1) is 0 Å². The Bertz CT molecular complexity index is 1580. The van der Waals surface area contributed by atoms with Crippen molar-refractivity contribution in [1.82, 2.24) is 20.1 Å². The molecule has 8 heteroatoms. The van der Waals surface area contributed by atoms with Crippen LogP contribution in [0.2, 0.25) is 0 Å². The molecule has 5 rings (SSSR count). The largest absolute Gasteiger partial charge is 0.496 e. The van der Waals surface area contributed by atoms with Crippen LogP contribution in [0.1, 0.15) is 34.1 Å². The number of aromatic nitrogens is 4. The van der Waals surface area contributed by atoms with Crippen LogP contribution in [-0.2, 0) is 19.3 Å². The van der Waals surface area contributed by atoms with E-state index in [4.69, 9.17) is 14.5 Å². The molecule has 192 valence electrons. The molecule has 0 aliphatic rings. The maximum atomic E-state index is 14.2. The van der Waals surface area contributed by atoms with E-state index in [1.807, 2.05) is 67.6 Å². The van der Waals surface area contributed by atoms with Gasteiger partial charge in [0.2, 0.25) is 0 Å². The van der Waals surface area contributed by atoms with Crippen molar-refractivity contribution in [3.63, 3.8) is 0 Å². The molecule has 0 aliphatic heterocycles. The van der Waals surface area contributed by atoms with Crippen molar-refractivity contribution in [2.45, 2.75) is 32.2 Å². The van der Waals surface area contributed by atoms with Crippen LogP contribution in [0, 0.1) is 12.7 Å². The van der Waals surface area contributed by atoms with Crippen molar-refractivity contribution in [2.75, 3.05) is 7.11 Å². The molecule has 5 aromatic rings. The van der Waals surface area contributed by atoms with Crippen LogP contribution in [0.25, 0.3) is 11.1 Å². The fraction of sp³-hybridized carbons (Fsp3) is 0.200. The van der Waals surface area contributed by atoms with Crippen LogP contribution in [0.15, 0.2) is 94.5 Å². The predicted octanol–water partition coefficient (Wildman–Crippen LogP) is 5.37. The van der Waals surface area contributed by atoms with Gasteiger partial charge in [-0.25, -0.2) is 13.7 Å². The second-order valence-electron chi connectivity index (χ2n) is 9.06. The van der Waals surface area contributed by atoms with E-state index in [0.29, 0.717) is 42.0 Å². The van der Waals surface area contributed by atoms with Crippen LogP contribution >= 0.6 is 0 Å². The van der Waals surface area contributed by atoms with Crippen molar-refractivity contribution in [3.05, 3.63) is 129 Å². The molecule has 0 fully saturated rings. The second kappa shape index (κ2) is 11.2. The van der Waals surface area contributed by atoms with Crippen LogP contribution in [0.3, 0.4) is 0 Å².